The van der Waals surface area contributed by atoms with Crippen LogP contribution in [0.5, 0.6) is 0 Å². The van der Waals surface area contributed by atoms with Crippen molar-refractivity contribution in [1.29, 1.82) is 0 Å². The fourth-order valence-electron chi connectivity index (χ4n) is 1.78. The summed E-state index contributed by atoms with van der Waals surface area (Å²) in [7, 11) is 0. The molecule has 106 valence electrons. The molecule has 0 saturated carbocycles. The van der Waals surface area contributed by atoms with E-state index in [1.165, 1.54) is 10.5 Å². The van der Waals surface area contributed by atoms with E-state index in [0.717, 1.165) is 21.7 Å². The first-order chi connectivity index (χ1) is 9.47. The van der Waals surface area contributed by atoms with Crippen molar-refractivity contribution in [2.75, 3.05) is 0 Å². The third-order valence-electron chi connectivity index (χ3n) is 2.79. The lowest BCUT2D eigenvalue weighted by Gasteiger charge is -2.10. The first kappa shape index (κ1) is 15.8. The number of rotatable bonds is 4. The number of aromatic nitrogens is 2. The van der Waals surface area contributed by atoms with Crippen LogP contribution in [0.4, 0.5) is 0 Å². The Morgan fingerprint density at radius 1 is 1.30 bits per heavy atom. The van der Waals surface area contributed by atoms with Gasteiger partial charge in [-0.25, -0.2) is 9.97 Å². The van der Waals surface area contributed by atoms with Gasteiger partial charge in [-0.15, -0.1) is 11.8 Å². The Labute approximate surface area is 137 Å². The number of thioether (sulfide) groups is 1. The molecule has 1 heterocycles. The molecule has 0 amide bonds. The fourth-order valence-corrected chi connectivity index (χ4v) is 3.48. The molecule has 0 aliphatic rings. The van der Waals surface area contributed by atoms with E-state index in [-0.39, 0.29) is 0 Å². The average Bonchev–Trinajstić information content (AvgIpc) is 2.39. The average molecular weight is 372 g/mol. The van der Waals surface area contributed by atoms with Gasteiger partial charge in [0.1, 0.15) is 11.0 Å². The highest BCUT2D eigenvalue weighted by molar-refractivity contribution is 9.10. The quantitative estimate of drug-likeness (QED) is 0.515. The number of hydrogen-bond donors (Lipinski definition) is 0. The molecule has 1 aromatic heterocycles. The van der Waals surface area contributed by atoms with Crippen molar-refractivity contribution in [2.24, 2.45) is 0 Å². The van der Waals surface area contributed by atoms with Crippen molar-refractivity contribution in [3.05, 3.63) is 51.0 Å². The molecule has 0 radical (unpaired) electrons. The molecule has 0 unspecified atom stereocenters. The fraction of sp³-hybridized carbons (Fsp3) is 0.333. The van der Waals surface area contributed by atoms with E-state index < -0.39 is 0 Å². The highest BCUT2D eigenvalue weighted by atomic mass is 79.9. The maximum atomic E-state index is 6.16. The van der Waals surface area contributed by atoms with Crippen LogP contribution in [0.1, 0.15) is 36.8 Å². The highest BCUT2D eigenvalue weighted by Gasteiger charge is 2.13. The first-order valence-corrected chi connectivity index (χ1v) is 8.54. The third-order valence-corrected chi connectivity index (χ3v) is 5.06. The van der Waals surface area contributed by atoms with Gasteiger partial charge in [-0.1, -0.05) is 43.1 Å². The second-order valence-electron chi connectivity index (χ2n) is 4.89. The van der Waals surface area contributed by atoms with Gasteiger partial charge in [0.25, 0.3) is 0 Å². The predicted octanol–water partition coefficient (Wildman–Crippen LogP) is 5.62. The van der Waals surface area contributed by atoms with Gasteiger partial charge in [-0.2, -0.15) is 0 Å². The summed E-state index contributed by atoms with van der Waals surface area (Å²) in [5.41, 5.74) is 2.22. The SMILES string of the molecule is Cc1cccc(SCc2nc(Cl)c(Br)c(C(C)C)n2)c1. The van der Waals surface area contributed by atoms with Gasteiger partial charge in [0.2, 0.25) is 0 Å². The summed E-state index contributed by atoms with van der Waals surface area (Å²) in [6.45, 7) is 6.29. The Hall–Kier alpha value is -0.580. The van der Waals surface area contributed by atoms with E-state index in [4.69, 9.17) is 11.6 Å². The van der Waals surface area contributed by atoms with E-state index in [1.54, 1.807) is 11.8 Å². The molecule has 0 fully saturated rings. The zero-order valence-electron chi connectivity index (χ0n) is 11.7. The molecule has 2 aromatic rings. The first-order valence-electron chi connectivity index (χ1n) is 6.38. The number of hydrogen-bond acceptors (Lipinski definition) is 3. The Morgan fingerprint density at radius 3 is 2.70 bits per heavy atom. The molecule has 1 aromatic carbocycles. The van der Waals surface area contributed by atoms with E-state index in [9.17, 15) is 0 Å². The molecular formula is C15H16BrClN2S. The maximum absolute atomic E-state index is 6.16. The molecule has 0 atom stereocenters. The van der Waals surface area contributed by atoms with Crippen LogP contribution in [0, 0.1) is 6.92 Å². The number of aryl methyl sites for hydroxylation is 1. The summed E-state index contributed by atoms with van der Waals surface area (Å²) in [6, 6.07) is 8.41. The van der Waals surface area contributed by atoms with Gasteiger partial charge in [-0.3, -0.25) is 0 Å². The van der Waals surface area contributed by atoms with Crippen molar-refractivity contribution in [1.82, 2.24) is 9.97 Å². The summed E-state index contributed by atoms with van der Waals surface area (Å²) in [4.78, 5) is 10.2. The van der Waals surface area contributed by atoms with Crippen LogP contribution in [0.3, 0.4) is 0 Å². The van der Waals surface area contributed by atoms with E-state index in [1.807, 2.05) is 0 Å². The lowest BCUT2D eigenvalue weighted by atomic mass is 10.1. The highest BCUT2D eigenvalue weighted by Crippen LogP contribution is 2.30. The number of nitrogens with zero attached hydrogens (tertiary/aromatic N) is 2. The van der Waals surface area contributed by atoms with Crippen LogP contribution in [-0.4, -0.2) is 9.97 Å². The van der Waals surface area contributed by atoms with E-state index in [0.29, 0.717) is 11.1 Å². The lowest BCUT2D eigenvalue weighted by Crippen LogP contribution is -2.02. The van der Waals surface area contributed by atoms with Gasteiger partial charge >= 0.3 is 0 Å². The van der Waals surface area contributed by atoms with Crippen molar-refractivity contribution in [3.63, 3.8) is 0 Å². The minimum atomic E-state index is 0.313. The molecule has 0 saturated heterocycles. The Kier molecular flexibility index (Phi) is 5.47. The summed E-state index contributed by atoms with van der Waals surface area (Å²) in [5, 5.41) is 0.489. The van der Waals surface area contributed by atoms with Crippen LogP contribution in [0.15, 0.2) is 33.6 Å². The molecule has 2 rings (SSSR count). The Morgan fingerprint density at radius 2 is 2.05 bits per heavy atom. The lowest BCUT2D eigenvalue weighted by molar-refractivity contribution is 0.791. The molecule has 0 N–H and O–H groups in total. The summed E-state index contributed by atoms with van der Waals surface area (Å²) in [5.74, 6) is 1.80. The van der Waals surface area contributed by atoms with Crippen molar-refractivity contribution < 1.29 is 0 Å². The van der Waals surface area contributed by atoms with Crippen LogP contribution < -0.4 is 0 Å². The molecule has 0 aliphatic heterocycles. The number of halogens is 2. The van der Waals surface area contributed by atoms with E-state index in [2.05, 4.69) is 70.9 Å². The zero-order valence-corrected chi connectivity index (χ0v) is 14.8. The second-order valence-corrected chi connectivity index (χ2v) is 7.09. The Balaban J connectivity index is 2.18. The Bertz CT molecular complexity index is 617. The summed E-state index contributed by atoms with van der Waals surface area (Å²) in [6.07, 6.45) is 0. The summed E-state index contributed by atoms with van der Waals surface area (Å²) >= 11 is 11.3. The van der Waals surface area contributed by atoms with Crippen molar-refractivity contribution in [3.8, 4) is 0 Å². The minimum Gasteiger partial charge on any atom is -0.235 e. The van der Waals surface area contributed by atoms with Gasteiger partial charge in [0, 0.05) is 4.90 Å². The normalized spacial score (nSPS) is 11.1. The molecule has 0 aliphatic carbocycles. The number of benzene rings is 1. The molecule has 5 heteroatoms. The van der Waals surface area contributed by atoms with Gasteiger partial charge in [0.05, 0.1) is 15.9 Å². The molecule has 2 nitrogen and oxygen atoms in total. The van der Waals surface area contributed by atoms with Crippen LogP contribution in [0.25, 0.3) is 0 Å². The van der Waals surface area contributed by atoms with Gasteiger partial charge in [0.15, 0.2) is 0 Å². The van der Waals surface area contributed by atoms with Gasteiger partial charge < -0.3 is 0 Å². The van der Waals surface area contributed by atoms with Crippen LogP contribution in [0.2, 0.25) is 5.15 Å². The smallest absolute Gasteiger partial charge is 0.147 e. The second kappa shape index (κ2) is 6.92. The summed E-state index contributed by atoms with van der Waals surface area (Å²) < 4.78 is 0.804. The zero-order chi connectivity index (χ0) is 14.7. The van der Waals surface area contributed by atoms with Crippen LogP contribution >= 0.6 is 39.3 Å². The van der Waals surface area contributed by atoms with Crippen LogP contribution in [-0.2, 0) is 5.75 Å². The van der Waals surface area contributed by atoms with Crippen molar-refractivity contribution >= 4 is 39.3 Å². The van der Waals surface area contributed by atoms with E-state index >= 15 is 0 Å². The maximum Gasteiger partial charge on any atom is 0.147 e. The molecule has 0 spiro atoms. The third kappa shape index (κ3) is 3.96. The minimum absolute atomic E-state index is 0.313. The van der Waals surface area contributed by atoms with Crippen molar-refractivity contribution in [2.45, 2.75) is 37.3 Å². The predicted molar refractivity (Wildman–Crippen MR) is 89.6 cm³/mol. The van der Waals surface area contributed by atoms with Gasteiger partial charge in [-0.05, 0) is 40.9 Å². The monoisotopic (exact) mass is 370 g/mol. The topological polar surface area (TPSA) is 25.8 Å². The molecule has 20 heavy (non-hydrogen) atoms. The molecule has 0 bridgehead atoms. The molecular weight excluding hydrogens is 356 g/mol. The standard InChI is InChI=1S/C15H16BrClN2S/c1-9(2)14-13(16)15(17)19-12(18-14)8-20-11-6-4-5-10(3)7-11/h4-7,9H,8H2,1-3H3. The largest absolute Gasteiger partial charge is 0.235 e.